The van der Waals surface area contributed by atoms with E-state index < -0.39 is 39.3 Å². The van der Waals surface area contributed by atoms with Gasteiger partial charge in [-0.2, -0.15) is 0 Å². The van der Waals surface area contributed by atoms with Gasteiger partial charge in [0.05, 0.1) is 5.92 Å². The Bertz CT molecular complexity index is 1480. The first-order chi connectivity index (χ1) is 18.4. The number of nitrogens with zero attached hydrogens (tertiary/aromatic N) is 2. The van der Waals surface area contributed by atoms with Gasteiger partial charge in [-0.25, -0.2) is 8.42 Å². The second-order valence-corrected chi connectivity index (χ2v) is 10.9. The minimum absolute atomic E-state index is 0.0545. The number of likely N-dealkylation sites (tertiary alicyclic amines) is 1. The topological polar surface area (TPSA) is 118 Å². The largest absolute Gasteiger partial charge is 0.573 e. The fourth-order valence-electron chi connectivity index (χ4n) is 4.55. The van der Waals surface area contributed by atoms with Crippen molar-refractivity contribution in [2.45, 2.75) is 31.0 Å². The number of carboxylic acids is 1. The van der Waals surface area contributed by atoms with Gasteiger partial charge in [0.2, 0.25) is 15.9 Å². The second-order valence-electron chi connectivity index (χ2n) is 9.13. The van der Waals surface area contributed by atoms with Crippen LogP contribution in [0, 0.1) is 5.92 Å². The number of hydrogen-bond acceptors (Lipinski definition) is 5. The van der Waals surface area contributed by atoms with Gasteiger partial charge in [-0.05, 0) is 54.8 Å². The van der Waals surface area contributed by atoms with Crippen LogP contribution >= 0.6 is 0 Å². The quantitative estimate of drug-likeness (QED) is 0.368. The van der Waals surface area contributed by atoms with Crippen molar-refractivity contribution in [1.29, 1.82) is 0 Å². The van der Waals surface area contributed by atoms with Crippen LogP contribution in [0.1, 0.15) is 23.7 Å². The third-order valence-corrected chi connectivity index (χ3v) is 8.18. The molecule has 1 aliphatic rings. The van der Waals surface area contributed by atoms with E-state index in [4.69, 9.17) is 5.11 Å². The van der Waals surface area contributed by atoms with Crippen molar-refractivity contribution in [2.75, 3.05) is 17.8 Å². The third-order valence-electron chi connectivity index (χ3n) is 6.52. The summed E-state index contributed by atoms with van der Waals surface area (Å²) >= 11 is 0. The Labute approximate surface area is 222 Å². The molecule has 2 N–H and O–H groups in total. The molecule has 2 heterocycles. The van der Waals surface area contributed by atoms with E-state index in [-0.39, 0.29) is 23.7 Å². The number of carbonyl (C=O) groups is 2. The predicted molar refractivity (Wildman–Crippen MR) is 137 cm³/mol. The highest BCUT2D eigenvalue weighted by Gasteiger charge is 2.32. The molecule has 39 heavy (non-hydrogen) atoms. The van der Waals surface area contributed by atoms with Gasteiger partial charge in [0.15, 0.2) is 0 Å². The molecule has 13 heteroatoms. The second kappa shape index (κ2) is 11.0. The van der Waals surface area contributed by atoms with Crippen LogP contribution in [0.4, 0.5) is 18.9 Å². The predicted octanol–water partition coefficient (Wildman–Crippen LogP) is 4.53. The number of carboxylic acid groups (broad SMARTS) is 1. The van der Waals surface area contributed by atoms with Gasteiger partial charge in [0.1, 0.15) is 17.5 Å². The summed E-state index contributed by atoms with van der Waals surface area (Å²) in [5.74, 6) is -1.90. The number of rotatable bonds is 9. The summed E-state index contributed by atoms with van der Waals surface area (Å²) in [6.45, 7) is 4.37. The molecular weight excluding hydrogens is 539 g/mol. The van der Waals surface area contributed by atoms with Crippen LogP contribution in [-0.4, -0.2) is 54.3 Å². The molecule has 0 saturated carbocycles. The molecule has 1 atom stereocenters. The number of benzene rings is 2. The lowest BCUT2D eigenvalue weighted by molar-refractivity contribution is -0.274. The molecule has 1 fully saturated rings. The Balaban J connectivity index is 1.44. The molecule has 1 aliphatic heterocycles. The van der Waals surface area contributed by atoms with E-state index in [0.717, 1.165) is 12.1 Å². The van der Waals surface area contributed by atoms with Gasteiger partial charge in [0, 0.05) is 35.9 Å². The molecular formula is C26H26F3N3O6S. The molecule has 9 nitrogen and oxygen atoms in total. The van der Waals surface area contributed by atoms with Crippen LogP contribution in [0.2, 0.25) is 0 Å². The van der Waals surface area contributed by atoms with Crippen molar-refractivity contribution < 1.29 is 41.0 Å². The first-order valence-electron chi connectivity index (χ1n) is 12.0. The molecule has 1 saturated heterocycles. The zero-order chi connectivity index (χ0) is 28.4. The summed E-state index contributed by atoms with van der Waals surface area (Å²) in [7, 11) is -4.07. The van der Waals surface area contributed by atoms with Crippen molar-refractivity contribution >= 4 is 38.5 Å². The minimum Gasteiger partial charge on any atom is -0.481 e. The van der Waals surface area contributed by atoms with E-state index in [1.54, 1.807) is 39.9 Å². The van der Waals surface area contributed by atoms with Crippen molar-refractivity contribution in [1.82, 2.24) is 9.47 Å². The number of piperidine rings is 1. The van der Waals surface area contributed by atoms with E-state index >= 15 is 0 Å². The normalized spacial score (nSPS) is 15.6. The van der Waals surface area contributed by atoms with Crippen LogP contribution in [0.15, 0.2) is 67.4 Å². The maximum Gasteiger partial charge on any atom is 0.573 e. The molecule has 3 aromatic rings. The summed E-state index contributed by atoms with van der Waals surface area (Å²) in [6, 6.07) is 11.0. The van der Waals surface area contributed by atoms with Crippen molar-refractivity contribution in [3.63, 3.8) is 0 Å². The van der Waals surface area contributed by atoms with Crippen molar-refractivity contribution in [2.24, 2.45) is 5.92 Å². The van der Waals surface area contributed by atoms with Gasteiger partial charge in [-0.15, -0.1) is 19.8 Å². The number of sulfonamides is 1. The molecule has 208 valence electrons. The highest BCUT2D eigenvalue weighted by atomic mass is 32.2. The van der Waals surface area contributed by atoms with Crippen LogP contribution in [0.25, 0.3) is 10.9 Å². The lowest BCUT2D eigenvalue weighted by atomic mass is 9.97. The maximum atomic E-state index is 13.1. The molecule has 0 aliphatic carbocycles. The molecule has 1 amide bonds. The maximum absolute atomic E-state index is 13.1. The highest BCUT2D eigenvalue weighted by Crippen LogP contribution is 2.30. The van der Waals surface area contributed by atoms with E-state index in [2.05, 4.69) is 16.0 Å². The van der Waals surface area contributed by atoms with Crippen LogP contribution < -0.4 is 9.46 Å². The van der Waals surface area contributed by atoms with E-state index in [9.17, 15) is 31.2 Å². The first kappa shape index (κ1) is 28.0. The van der Waals surface area contributed by atoms with Crippen LogP contribution in [0.3, 0.4) is 0 Å². The standard InChI is InChI=1S/C26H26F3N3O6S/c1-2-23(17-3-6-21(7-4-17)38-26(27,28)29)39(36,37)30-20-5-8-22-19(15-20)11-14-32(22)16-24(33)31-12-9-18(10-13-31)25(34)35/h2-8,11,14-15,18,23,30H,1,9-10,12-13,16H2,(H,34,35). The molecule has 4 rings (SSSR count). The van der Waals surface area contributed by atoms with E-state index in [1.807, 2.05) is 0 Å². The van der Waals surface area contributed by atoms with Crippen LogP contribution in [0.5, 0.6) is 5.75 Å². The number of hydrogen-bond donors (Lipinski definition) is 2. The molecule has 1 unspecified atom stereocenters. The SMILES string of the molecule is C=CC(c1ccc(OC(F)(F)F)cc1)S(=O)(=O)Nc1ccc2c(ccn2CC(=O)N2CCC(C(=O)O)CC2)c1. The fraction of sp³-hybridized carbons (Fsp3) is 0.308. The number of halogens is 3. The Morgan fingerprint density at radius 2 is 1.79 bits per heavy atom. The number of fused-ring (bicyclic) bond motifs is 1. The Hall–Kier alpha value is -4.00. The zero-order valence-corrected chi connectivity index (χ0v) is 21.4. The van der Waals surface area contributed by atoms with E-state index in [1.165, 1.54) is 18.2 Å². The fourth-order valence-corrected chi connectivity index (χ4v) is 5.90. The monoisotopic (exact) mass is 565 g/mol. The number of ether oxygens (including phenoxy) is 1. The number of aromatic nitrogens is 1. The number of amides is 1. The zero-order valence-electron chi connectivity index (χ0n) is 20.6. The van der Waals surface area contributed by atoms with Gasteiger partial charge in [-0.3, -0.25) is 14.3 Å². The third kappa shape index (κ3) is 6.72. The summed E-state index contributed by atoms with van der Waals surface area (Å²) in [6.07, 6.45) is -1.16. The van der Waals surface area contributed by atoms with Crippen molar-refractivity contribution in [3.05, 3.63) is 72.9 Å². The van der Waals surface area contributed by atoms with Gasteiger partial charge >= 0.3 is 12.3 Å². The number of anilines is 1. The minimum atomic E-state index is -4.86. The lowest BCUT2D eigenvalue weighted by Gasteiger charge is -2.30. The Morgan fingerprint density at radius 1 is 1.13 bits per heavy atom. The van der Waals surface area contributed by atoms with Crippen molar-refractivity contribution in [3.8, 4) is 5.75 Å². The summed E-state index contributed by atoms with van der Waals surface area (Å²) in [5.41, 5.74) is 1.16. The molecule has 0 spiro atoms. The number of aliphatic carboxylic acids is 1. The van der Waals surface area contributed by atoms with Crippen LogP contribution in [-0.2, 0) is 26.2 Å². The highest BCUT2D eigenvalue weighted by molar-refractivity contribution is 7.93. The number of carbonyl (C=O) groups excluding carboxylic acids is 1. The first-order valence-corrected chi connectivity index (χ1v) is 13.5. The summed E-state index contributed by atoms with van der Waals surface area (Å²) in [4.78, 5) is 25.5. The van der Waals surface area contributed by atoms with Gasteiger partial charge in [-0.1, -0.05) is 18.2 Å². The smallest absolute Gasteiger partial charge is 0.481 e. The summed E-state index contributed by atoms with van der Waals surface area (Å²) in [5, 5.41) is 8.56. The van der Waals surface area contributed by atoms with E-state index in [0.29, 0.717) is 36.8 Å². The molecule has 0 radical (unpaired) electrons. The van der Waals surface area contributed by atoms with Gasteiger partial charge in [0.25, 0.3) is 0 Å². The molecule has 0 bridgehead atoms. The Kier molecular flexibility index (Phi) is 7.91. The molecule has 2 aromatic carbocycles. The van der Waals surface area contributed by atoms with Gasteiger partial charge < -0.3 is 19.3 Å². The number of nitrogens with one attached hydrogen (secondary N) is 1. The lowest BCUT2D eigenvalue weighted by Crippen LogP contribution is -2.41. The number of alkyl halides is 3. The average molecular weight is 566 g/mol. The summed E-state index contributed by atoms with van der Waals surface area (Å²) < 4.78 is 71.5. The molecule has 1 aromatic heterocycles. The Morgan fingerprint density at radius 3 is 2.38 bits per heavy atom. The average Bonchev–Trinajstić information content (AvgIpc) is 3.26.